The number of Topliss-reactive ketones (excluding diaryl/α,β-unsaturated/α-hetero) is 1. The Morgan fingerprint density at radius 3 is 2.60 bits per heavy atom. The summed E-state index contributed by atoms with van der Waals surface area (Å²) < 4.78 is 5.67. The van der Waals surface area contributed by atoms with Crippen molar-refractivity contribution in [2.75, 3.05) is 26.2 Å². The molecule has 0 amide bonds. The lowest BCUT2D eigenvalue weighted by Gasteiger charge is -2.37. The highest BCUT2D eigenvalue weighted by molar-refractivity contribution is 5.97. The highest BCUT2D eigenvalue weighted by Crippen LogP contribution is 2.17. The van der Waals surface area contributed by atoms with Crippen LogP contribution in [0, 0.1) is 0 Å². The summed E-state index contributed by atoms with van der Waals surface area (Å²) in [4.78, 5) is 14.5. The van der Waals surface area contributed by atoms with Crippen LogP contribution in [0.15, 0.2) is 24.3 Å². The van der Waals surface area contributed by atoms with Gasteiger partial charge in [0.1, 0.15) is 0 Å². The summed E-state index contributed by atoms with van der Waals surface area (Å²) in [6.07, 6.45) is 2.21. The van der Waals surface area contributed by atoms with E-state index in [0.717, 1.165) is 31.5 Å². The van der Waals surface area contributed by atoms with Gasteiger partial charge in [0, 0.05) is 18.7 Å². The first-order chi connectivity index (χ1) is 9.50. The normalized spacial score (nSPS) is 18.9. The molecule has 1 aliphatic heterocycles. The van der Waals surface area contributed by atoms with Crippen LogP contribution >= 0.6 is 0 Å². The minimum absolute atomic E-state index is 0.149. The van der Waals surface area contributed by atoms with E-state index >= 15 is 0 Å². The number of ketones is 1. The number of nitrogens with zero attached hydrogens (tertiary/aromatic N) is 1. The molecule has 0 aromatic heterocycles. The van der Waals surface area contributed by atoms with Crippen molar-refractivity contribution in [3.05, 3.63) is 35.4 Å². The second kappa shape index (κ2) is 6.51. The number of carbonyl (C=O) groups is 1. The van der Waals surface area contributed by atoms with Crippen LogP contribution in [0.5, 0.6) is 0 Å². The zero-order chi connectivity index (χ0) is 14.6. The fraction of sp³-hybridized carbons (Fsp3) is 0.588. The van der Waals surface area contributed by atoms with Gasteiger partial charge in [-0.3, -0.25) is 9.69 Å². The molecule has 20 heavy (non-hydrogen) atoms. The molecule has 0 bridgehead atoms. The van der Waals surface area contributed by atoms with E-state index in [1.165, 1.54) is 5.56 Å². The van der Waals surface area contributed by atoms with Gasteiger partial charge in [-0.15, -0.1) is 0 Å². The Kier molecular flexibility index (Phi) is 4.95. The predicted molar refractivity (Wildman–Crippen MR) is 81.2 cm³/mol. The van der Waals surface area contributed by atoms with Gasteiger partial charge in [0.05, 0.1) is 18.8 Å². The average Bonchev–Trinajstić information content (AvgIpc) is 2.38. The number of aryl methyl sites for hydroxylation is 1. The summed E-state index contributed by atoms with van der Waals surface area (Å²) in [7, 11) is 0. The van der Waals surface area contributed by atoms with Gasteiger partial charge in [-0.25, -0.2) is 0 Å². The molecule has 0 spiro atoms. The maximum Gasteiger partial charge on any atom is 0.176 e. The Bertz CT molecular complexity index is 451. The van der Waals surface area contributed by atoms with Crippen molar-refractivity contribution >= 4 is 5.78 Å². The first-order valence-electron chi connectivity index (χ1n) is 7.48. The van der Waals surface area contributed by atoms with Gasteiger partial charge in [-0.1, -0.05) is 37.6 Å². The largest absolute Gasteiger partial charge is 0.373 e. The van der Waals surface area contributed by atoms with Crippen LogP contribution in [0.25, 0.3) is 0 Å². The molecule has 1 aliphatic rings. The van der Waals surface area contributed by atoms with Crippen LogP contribution in [0.1, 0.15) is 43.1 Å². The zero-order valence-electron chi connectivity index (χ0n) is 12.8. The summed E-state index contributed by atoms with van der Waals surface area (Å²) in [5.74, 6) is 0.200. The Labute approximate surface area is 121 Å². The molecular formula is C17H25NO2. The lowest BCUT2D eigenvalue weighted by Crippen LogP contribution is -2.49. The molecule has 0 aliphatic carbocycles. The number of hydrogen-bond acceptors (Lipinski definition) is 3. The van der Waals surface area contributed by atoms with Crippen molar-refractivity contribution in [2.24, 2.45) is 0 Å². The number of morpholine rings is 1. The highest BCUT2D eigenvalue weighted by Gasteiger charge is 2.28. The van der Waals surface area contributed by atoms with Gasteiger partial charge in [0.15, 0.2) is 5.78 Å². The standard InChI is InChI=1S/C17H25NO2/c1-4-5-14-6-8-15(9-7-14)16(19)12-18-10-11-20-17(2,3)13-18/h6-9H,4-5,10-13H2,1-3H3. The van der Waals surface area contributed by atoms with Crippen LogP contribution in [0.3, 0.4) is 0 Å². The van der Waals surface area contributed by atoms with Crippen LogP contribution in [-0.4, -0.2) is 42.5 Å². The second-order valence-electron chi connectivity index (χ2n) is 6.19. The summed E-state index contributed by atoms with van der Waals surface area (Å²) in [5, 5.41) is 0. The van der Waals surface area contributed by atoms with Crippen LogP contribution in [-0.2, 0) is 11.2 Å². The fourth-order valence-corrected chi connectivity index (χ4v) is 2.69. The van der Waals surface area contributed by atoms with E-state index in [2.05, 4.69) is 37.8 Å². The van der Waals surface area contributed by atoms with Gasteiger partial charge < -0.3 is 4.74 Å². The van der Waals surface area contributed by atoms with Gasteiger partial charge in [0.25, 0.3) is 0 Å². The molecule has 110 valence electrons. The third-order valence-electron chi connectivity index (χ3n) is 3.69. The number of ether oxygens (including phenoxy) is 1. The lowest BCUT2D eigenvalue weighted by atomic mass is 10.0. The Hall–Kier alpha value is -1.19. The highest BCUT2D eigenvalue weighted by atomic mass is 16.5. The molecule has 1 aromatic carbocycles. The van der Waals surface area contributed by atoms with Crippen molar-refractivity contribution in [1.29, 1.82) is 0 Å². The Morgan fingerprint density at radius 1 is 1.30 bits per heavy atom. The molecule has 0 saturated carbocycles. The number of carbonyl (C=O) groups excluding carboxylic acids is 1. The molecule has 0 atom stereocenters. The van der Waals surface area contributed by atoms with Crippen molar-refractivity contribution in [3.63, 3.8) is 0 Å². The van der Waals surface area contributed by atoms with Crippen molar-refractivity contribution in [3.8, 4) is 0 Å². The van der Waals surface area contributed by atoms with E-state index in [9.17, 15) is 4.79 Å². The third-order valence-corrected chi connectivity index (χ3v) is 3.69. The number of benzene rings is 1. The van der Waals surface area contributed by atoms with E-state index in [1.807, 2.05) is 12.1 Å². The lowest BCUT2D eigenvalue weighted by molar-refractivity contribution is -0.0833. The summed E-state index contributed by atoms with van der Waals surface area (Å²) in [6, 6.07) is 8.05. The van der Waals surface area contributed by atoms with Gasteiger partial charge in [-0.05, 0) is 25.8 Å². The topological polar surface area (TPSA) is 29.5 Å². The number of rotatable bonds is 5. The van der Waals surface area contributed by atoms with Crippen molar-refractivity contribution < 1.29 is 9.53 Å². The number of hydrogen-bond donors (Lipinski definition) is 0. The van der Waals surface area contributed by atoms with Crippen LogP contribution < -0.4 is 0 Å². The molecule has 3 nitrogen and oxygen atoms in total. The smallest absolute Gasteiger partial charge is 0.176 e. The molecule has 1 aromatic rings. The van der Waals surface area contributed by atoms with Crippen molar-refractivity contribution in [2.45, 2.75) is 39.2 Å². The molecule has 1 fully saturated rings. The second-order valence-corrected chi connectivity index (χ2v) is 6.19. The van der Waals surface area contributed by atoms with Crippen LogP contribution in [0.4, 0.5) is 0 Å². The van der Waals surface area contributed by atoms with E-state index < -0.39 is 0 Å². The molecular weight excluding hydrogens is 250 g/mol. The SMILES string of the molecule is CCCc1ccc(C(=O)CN2CCOC(C)(C)C2)cc1. The predicted octanol–water partition coefficient (Wildman–Crippen LogP) is 2.93. The van der Waals surface area contributed by atoms with E-state index in [0.29, 0.717) is 13.2 Å². The Morgan fingerprint density at radius 2 is 2.00 bits per heavy atom. The first-order valence-corrected chi connectivity index (χ1v) is 7.48. The molecule has 0 unspecified atom stereocenters. The van der Waals surface area contributed by atoms with E-state index in [-0.39, 0.29) is 11.4 Å². The molecule has 1 saturated heterocycles. The molecule has 3 heteroatoms. The minimum Gasteiger partial charge on any atom is -0.373 e. The summed E-state index contributed by atoms with van der Waals surface area (Å²) in [6.45, 7) is 9.15. The third kappa shape index (κ3) is 4.15. The van der Waals surface area contributed by atoms with Gasteiger partial charge >= 0.3 is 0 Å². The van der Waals surface area contributed by atoms with Gasteiger partial charge in [0.2, 0.25) is 0 Å². The zero-order valence-corrected chi connectivity index (χ0v) is 12.8. The Balaban J connectivity index is 1.94. The summed E-state index contributed by atoms with van der Waals surface area (Å²) in [5.41, 5.74) is 1.97. The maximum atomic E-state index is 12.3. The first kappa shape index (κ1) is 15.2. The van der Waals surface area contributed by atoms with Crippen LogP contribution in [0.2, 0.25) is 0 Å². The fourth-order valence-electron chi connectivity index (χ4n) is 2.69. The maximum absolute atomic E-state index is 12.3. The average molecular weight is 275 g/mol. The van der Waals surface area contributed by atoms with E-state index in [4.69, 9.17) is 4.74 Å². The van der Waals surface area contributed by atoms with E-state index in [1.54, 1.807) is 0 Å². The molecule has 2 rings (SSSR count). The van der Waals surface area contributed by atoms with Gasteiger partial charge in [-0.2, -0.15) is 0 Å². The molecule has 0 radical (unpaired) electrons. The monoisotopic (exact) mass is 275 g/mol. The molecule has 1 heterocycles. The quantitative estimate of drug-likeness (QED) is 0.774. The van der Waals surface area contributed by atoms with Crippen molar-refractivity contribution in [1.82, 2.24) is 4.90 Å². The minimum atomic E-state index is -0.149. The molecule has 0 N–H and O–H groups in total. The summed E-state index contributed by atoms with van der Waals surface area (Å²) >= 11 is 0.